The van der Waals surface area contributed by atoms with Crippen molar-refractivity contribution in [2.24, 2.45) is 12.1 Å². The van der Waals surface area contributed by atoms with Crippen LogP contribution in [0.4, 0.5) is 5.95 Å². The lowest BCUT2D eigenvalue weighted by atomic mass is 10.2. The number of aromatic hydroxyl groups is 2. The van der Waals surface area contributed by atoms with Crippen molar-refractivity contribution in [1.29, 1.82) is 0 Å². The van der Waals surface area contributed by atoms with Gasteiger partial charge in [0.2, 0.25) is 5.95 Å². The van der Waals surface area contributed by atoms with Crippen molar-refractivity contribution in [3.8, 4) is 17.2 Å². The number of phenols is 2. The zero-order valence-electron chi connectivity index (χ0n) is 19.7. The SMILES string of the molecule is CCc1cccc(OC[C@H](O)Cn2c(N/N=C\c3ccc(O)cc3O)nc3c2c(=O)[nH]c(=O)n3C)c1. The second-order valence-electron chi connectivity index (χ2n) is 8.12. The number of aryl methyl sites for hydroxylation is 2. The van der Waals surface area contributed by atoms with Gasteiger partial charge >= 0.3 is 5.69 Å². The van der Waals surface area contributed by atoms with E-state index < -0.39 is 17.4 Å². The molecule has 5 N–H and O–H groups in total. The molecule has 0 unspecified atom stereocenters. The predicted molar refractivity (Wildman–Crippen MR) is 134 cm³/mol. The van der Waals surface area contributed by atoms with Gasteiger partial charge < -0.3 is 24.6 Å². The Balaban J connectivity index is 1.61. The summed E-state index contributed by atoms with van der Waals surface area (Å²) >= 11 is 0. The van der Waals surface area contributed by atoms with Crippen molar-refractivity contribution >= 4 is 23.3 Å². The first kappa shape index (κ1) is 24.5. The second-order valence-corrected chi connectivity index (χ2v) is 8.12. The monoisotopic (exact) mass is 494 g/mol. The van der Waals surface area contributed by atoms with E-state index in [1.54, 1.807) is 6.07 Å². The summed E-state index contributed by atoms with van der Waals surface area (Å²) in [5.41, 5.74) is 2.95. The van der Waals surface area contributed by atoms with E-state index in [4.69, 9.17) is 4.74 Å². The first-order valence-corrected chi connectivity index (χ1v) is 11.2. The van der Waals surface area contributed by atoms with Crippen molar-refractivity contribution in [1.82, 2.24) is 19.1 Å². The van der Waals surface area contributed by atoms with E-state index >= 15 is 0 Å². The molecule has 2 heterocycles. The van der Waals surface area contributed by atoms with Crippen molar-refractivity contribution in [2.75, 3.05) is 12.0 Å². The summed E-state index contributed by atoms with van der Waals surface area (Å²) in [4.78, 5) is 31.2. The number of nitrogens with zero attached hydrogens (tertiary/aromatic N) is 4. The second kappa shape index (κ2) is 10.4. The standard InChI is InChI=1S/C24H26N6O6/c1-3-14-5-4-6-18(9-14)36-13-17(32)12-30-20-21(29(2)24(35)27-22(20)34)26-23(30)28-25-11-15-7-8-16(31)10-19(15)33/h4-11,17,31-33H,3,12-13H2,1-2H3,(H,26,28)(H,27,34,35)/b25-11-/t17-/m1/s1. The number of hydrogen-bond acceptors (Lipinski definition) is 9. The maximum Gasteiger partial charge on any atom is 0.329 e. The lowest BCUT2D eigenvalue weighted by Gasteiger charge is -2.15. The molecule has 4 rings (SSSR count). The van der Waals surface area contributed by atoms with Crippen LogP contribution >= 0.6 is 0 Å². The van der Waals surface area contributed by atoms with Gasteiger partial charge in [-0.3, -0.25) is 14.3 Å². The third-order valence-electron chi connectivity index (χ3n) is 5.53. The molecular formula is C24H26N6O6. The van der Waals surface area contributed by atoms with Crippen molar-refractivity contribution in [2.45, 2.75) is 26.0 Å². The van der Waals surface area contributed by atoms with Crippen LogP contribution in [0.15, 0.2) is 57.2 Å². The number of aromatic amines is 1. The number of phenolic OH excluding ortho intramolecular Hbond substituents is 2. The Bertz CT molecular complexity index is 1540. The van der Waals surface area contributed by atoms with Crippen LogP contribution in [0.1, 0.15) is 18.1 Å². The van der Waals surface area contributed by atoms with E-state index in [2.05, 4.69) is 20.5 Å². The van der Waals surface area contributed by atoms with Gasteiger partial charge in [0.25, 0.3) is 5.56 Å². The molecule has 2 aromatic heterocycles. The van der Waals surface area contributed by atoms with Crippen LogP contribution in [0, 0.1) is 0 Å². The molecule has 0 aliphatic heterocycles. The summed E-state index contributed by atoms with van der Waals surface area (Å²) in [5.74, 6) is 0.406. The number of fused-ring (bicyclic) bond motifs is 1. The number of anilines is 1. The minimum atomic E-state index is -1.03. The largest absolute Gasteiger partial charge is 0.508 e. The van der Waals surface area contributed by atoms with E-state index in [0.717, 1.165) is 12.0 Å². The molecule has 0 bridgehead atoms. The summed E-state index contributed by atoms with van der Waals surface area (Å²) in [5, 5.41) is 34.1. The van der Waals surface area contributed by atoms with E-state index in [1.807, 2.05) is 25.1 Å². The van der Waals surface area contributed by atoms with Gasteiger partial charge in [-0.1, -0.05) is 19.1 Å². The molecule has 2 aromatic carbocycles. The van der Waals surface area contributed by atoms with Crippen molar-refractivity contribution in [3.05, 3.63) is 74.4 Å². The molecule has 0 saturated heterocycles. The molecule has 0 saturated carbocycles. The highest BCUT2D eigenvalue weighted by Gasteiger charge is 2.20. The number of rotatable bonds is 9. The van der Waals surface area contributed by atoms with Gasteiger partial charge in [-0.05, 0) is 36.2 Å². The van der Waals surface area contributed by atoms with Crippen molar-refractivity contribution < 1.29 is 20.1 Å². The van der Waals surface area contributed by atoms with Gasteiger partial charge in [0.05, 0.1) is 12.8 Å². The Morgan fingerprint density at radius 3 is 2.78 bits per heavy atom. The Morgan fingerprint density at radius 2 is 2.03 bits per heavy atom. The first-order chi connectivity index (χ1) is 17.3. The smallest absolute Gasteiger partial charge is 0.329 e. The number of benzene rings is 2. The number of ether oxygens (including phenoxy) is 1. The Morgan fingerprint density at radius 1 is 1.22 bits per heavy atom. The molecule has 0 aliphatic carbocycles. The van der Waals surface area contributed by atoms with Crippen LogP contribution in [-0.2, 0) is 20.0 Å². The first-order valence-electron chi connectivity index (χ1n) is 11.2. The normalized spacial score (nSPS) is 12.3. The van der Waals surface area contributed by atoms with E-state index in [9.17, 15) is 24.9 Å². The van der Waals surface area contributed by atoms with E-state index in [0.29, 0.717) is 11.3 Å². The summed E-state index contributed by atoms with van der Waals surface area (Å²) in [6.45, 7) is 1.89. The summed E-state index contributed by atoms with van der Waals surface area (Å²) in [6, 6.07) is 11.5. The number of aliphatic hydroxyl groups excluding tert-OH is 1. The average Bonchev–Trinajstić information content (AvgIpc) is 3.21. The zero-order chi connectivity index (χ0) is 25.8. The molecule has 4 aromatic rings. The number of aromatic nitrogens is 4. The third-order valence-corrected chi connectivity index (χ3v) is 5.53. The molecule has 36 heavy (non-hydrogen) atoms. The van der Waals surface area contributed by atoms with Crippen LogP contribution < -0.4 is 21.4 Å². The number of hydrogen-bond donors (Lipinski definition) is 5. The minimum Gasteiger partial charge on any atom is -0.508 e. The van der Waals surface area contributed by atoms with Crippen molar-refractivity contribution in [3.63, 3.8) is 0 Å². The van der Waals surface area contributed by atoms with Gasteiger partial charge in [-0.25, -0.2) is 10.2 Å². The van der Waals surface area contributed by atoms with Gasteiger partial charge in [0.15, 0.2) is 11.2 Å². The van der Waals surface area contributed by atoms with Gasteiger partial charge in [0, 0.05) is 18.7 Å². The number of aliphatic hydroxyl groups is 1. The topological polar surface area (TPSA) is 167 Å². The molecule has 12 nitrogen and oxygen atoms in total. The molecule has 0 amide bonds. The van der Waals surface area contributed by atoms with Crippen LogP contribution in [0.25, 0.3) is 11.2 Å². The average molecular weight is 495 g/mol. The fourth-order valence-corrected chi connectivity index (χ4v) is 3.61. The molecule has 0 fully saturated rings. The molecular weight excluding hydrogens is 468 g/mol. The molecule has 0 radical (unpaired) electrons. The van der Waals surface area contributed by atoms with Crippen LogP contribution in [0.2, 0.25) is 0 Å². The number of imidazole rings is 1. The number of H-pyrrole nitrogens is 1. The highest BCUT2D eigenvalue weighted by atomic mass is 16.5. The fourth-order valence-electron chi connectivity index (χ4n) is 3.61. The molecule has 12 heteroatoms. The van der Waals surface area contributed by atoms with Crippen LogP contribution in [0.3, 0.4) is 0 Å². The summed E-state index contributed by atoms with van der Waals surface area (Å²) in [6.07, 6.45) is 1.11. The Hall–Kier alpha value is -4.58. The van der Waals surface area contributed by atoms with Gasteiger partial charge in [-0.15, -0.1) is 0 Å². The zero-order valence-corrected chi connectivity index (χ0v) is 19.7. The molecule has 188 valence electrons. The minimum absolute atomic E-state index is 0.0550. The van der Waals surface area contributed by atoms with Crippen LogP contribution in [-0.4, -0.2) is 53.3 Å². The Labute approximate surface area is 204 Å². The third kappa shape index (κ3) is 5.23. The molecule has 1 atom stereocenters. The van der Waals surface area contributed by atoms with Gasteiger partial charge in [-0.2, -0.15) is 10.1 Å². The highest BCUT2D eigenvalue weighted by molar-refractivity contribution is 5.84. The van der Waals surface area contributed by atoms with E-state index in [1.165, 1.54) is 40.6 Å². The molecule has 0 aliphatic rings. The lowest BCUT2D eigenvalue weighted by Crippen LogP contribution is -2.30. The summed E-state index contributed by atoms with van der Waals surface area (Å²) < 4.78 is 8.30. The Kier molecular flexibility index (Phi) is 7.06. The quantitative estimate of drug-likeness (QED) is 0.171. The van der Waals surface area contributed by atoms with Crippen LogP contribution in [0.5, 0.6) is 17.2 Å². The maximum absolute atomic E-state index is 12.6. The maximum atomic E-state index is 12.6. The van der Waals surface area contributed by atoms with E-state index in [-0.39, 0.29) is 41.8 Å². The predicted octanol–water partition coefficient (Wildman–Crippen LogP) is 1.28. The summed E-state index contributed by atoms with van der Waals surface area (Å²) in [7, 11) is 1.46. The number of hydrazone groups is 1. The highest BCUT2D eigenvalue weighted by Crippen LogP contribution is 2.21. The lowest BCUT2D eigenvalue weighted by molar-refractivity contribution is 0.0938. The number of nitrogens with one attached hydrogen (secondary N) is 2. The molecule has 0 spiro atoms. The fraction of sp³-hybridized carbons (Fsp3) is 0.250. The van der Waals surface area contributed by atoms with Gasteiger partial charge in [0.1, 0.15) is 30.0 Å².